The van der Waals surface area contributed by atoms with Crippen LogP contribution in [0.25, 0.3) is 6.08 Å². The summed E-state index contributed by atoms with van der Waals surface area (Å²) in [6, 6.07) is 20.5. The number of piperazine rings is 1. The van der Waals surface area contributed by atoms with Crippen molar-refractivity contribution in [1.29, 1.82) is 0 Å². The van der Waals surface area contributed by atoms with Gasteiger partial charge in [-0.2, -0.15) is 0 Å². The standard InChI is InChI=1S/C27H25BrClN3O3/c1-35-25-11-8-20(28)17-22(25)27(34)30-21-9-10-24(23(29)18-21)31-13-15-32(16-14-31)26(33)12-7-19-5-3-2-4-6-19/h2-12,17-18H,13-16H2,1H3,(H,30,34)/b12-7+. The molecule has 0 aliphatic carbocycles. The number of carbonyl (C=O) groups is 2. The topological polar surface area (TPSA) is 61.9 Å². The molecule has 1 aliphatic rings. The van der Waals surface area contributed by atoms with Gasteiger partial charge in [-0.05, 0) is 48.0 Å². The maximum atomic E-state index is 12.8. The summed E-state index contributed by atoms with van der Waals surface area (Å²) in [5, 5.41) is 3.41. The van der Waals surface area contributed by atoms with Crippen LogP contribution in [0.1, 0.15) is 15.9 Å². The van der Waals surface area contributed by atoms with E-state index in [1.165, 1.54) is 7.11 Å². The number of hydrogen-bond donors (Lipinski definition) is 1. The van der Waals surface area contributed by atoms with Gasteiger partial charge in [0.15, 0.2) is 0 Å². The van der Waals surface area contributed by atoms with Gasteiger partial charge in [-0.3, -0.25) is 9.59 Å². The predicted molar refractivity (Wildman–Crippen MR) is 144 cm³/mol. The molecule has 0 atom stereocenters. The first-order chi connectivity index (χ1) is 16.9. The fourth-order valence-electron chi connectivity index (χ4n) is 3.90. The van der Waals surface area contributed by atoms with E-state index in [9.17, 15) is 9.59 Å². The first-order valence-electron chi connectivity index (χ1n) is 11.2. The van der Waals surface area contributed by atoms with Crippen LogP contribution in [0.5, 0.6) is 5.75 Å². The zero-order valence-corrected chi connectivity index (χ0v) is 21.6. The van der Waals surface area contributed by atoms with E-state index in [1.807, 2.05) is 59.5 Å². The first kappa shape index (κ1) is 24.8. The maximum absolute atomic E-state index is 12.8. The number of carbonyl (C=O) groups excluding carboxylic acids is 2. The minimum absolute atomic E-state index is 0.000590. The van der Waals surface area contributed by atoms with Crippen molar-refractivity contribution in [2.24, 2.45) is 0 Å². The smallest absolute Gasteiger partial charge is 0.259 e. The van der Waals surface area contributed by atoms with E-state index in [2.05, 4.69) is 26.1 Å². The highest BCUT2D eigenvalue weighted by atomic mass is 79.9. The zero-order valence-electron chi connectivity index (χ0n) is 19.2. The lowest BCUT2D eigenvalue weighted by Gasteiger charge is -2.36. The predicted octanol–water partition coefficient (Wildman–Crippen LogP) is 5.73. The summed E-state index contributed by atoms with van der Waals surface area (Å²) in [4.78, 5) is 29.3. The Morgan fingerprint density at radius 1 is 1.00 bits per heavy atom. The van der Waals surface area contributed by atoms with Gasteiger partial charge in [0.1, 0.15) is 5.75 Å². The van der Waals surface area contributed by atoms with Crippen LogP contribution >= 0.6 is 27.5 Å². The molecule has 4 rings (SSSR count). The molecule has 1 aliphatic heterocycles. The second-order valence-corrected chi connectivity index (χ2v) is 9.34. The van der Waals surface area contributed by atoms with Crippen LogP contribution in [-0.2, 0) is 4.79 Å². The molecule has 0 saturated carbocycles. The number of rotatable bonds is 6. The Hall–Kier alpha value is -3.29. The van der Waals surface area contributed by atoms with E-state index >= 15 is 0 Å². The molecule has 1 fully saturated rings. The Morgan fingerprint density at radius 2 is 1.74 bits per heavy atom. The third-order valence-corrected chi connectivity index (χ3v) is 6.56. The largest absolute Gasteiger partial charge is 0.496 e. The molecule has 35 heavy (non-hydrogen) atoms. The van der Waals surface area contributed by atoms with Gasteiger partial charge >= 0.3 is 0 Å². The van der Waals surface area contributed by atoms with Crippen LogP contribution in [0.15, 0.2) is 77.3 Å². The number of hydrogen-bond acceptors (Lipinski definition) is 4. The quantitative estimate of drug-likeness (QED) is 0.396. The van der Waals surface area contributed by atoms with Crippen molar-refractivity contribution in [2.45, 2.75) is 0 Å². The van der Waals surface area contributed by atoms with Gasteiger partial charge < -0.3 is 19.9 Å². The van der Waals surface area contributed by atoms with Crippen LogP contribution in [-0.4, -0.2) is 50.0 Å². The third-order valence-electron chi connectivity index (χ3n) is 5.76. The van der Waals surface area contributed by atoms with Crippen LogP contribution in [0.3, 0.4) is 0 Å². The van der Waals surface area contributed by atoms with Crippen LogP contribution < -0.4 is 15.0 Å². The highest BCUT2D eigenvalue weighted by Gasteiger charge is 2.22. The molecular formula is C27H25BrClN3O3. The number of nitrogens with one attached hydrogen (secondary N) is 1. The van der Waals surface area contributed by atoms with Crippen molar-refractivity contribution >= 4 is 56.8 Å². The lowest BCUT2D eigenvalue weighted by atomic mass is 10.1. The molecule has 3 aromatic rings. The summed E-state index contributed by atoms with van der Waals surface area (Å²) in [6.07, 6.45) is 3.46. The summed E-state index contributed by atoms with van der Waals surface area (Å²) in [6.45, 7) is 2.56. The van der Waals surface area contributed by atoms with E-state index in [0.717, 1.165) is 15.7 Å². The SMILES string of the molecule is COc1ccc(Br)cc1C(=O)Nc1ccc(N2CCN(C(=O)/C=C/c3ccccc3)CC2)c(Cl)c1. The molecule has 0 bridgehead atoms. The number of methoxy groups -OCH3 is 1. The van der Waals surface area contributed by atoms with Crippen molar-refractivity contribution in [2.75, 3.05) is 43.5 Å². The molecule has 1 N–H and O–H groups in total. The summed E-state index contributed by atoms with van der Waals surface area (Å²) in [5.41, 5.74) is 2.88. The molecule has 3 aromatic carbocycles. The lowest BCUT2D eigenvalue weighted by molar-refractivity contribution is -0.126. The maximum Gasteiger partial charge on any atom is 0.259 e. The fourth-order valence-corrected chi connectivity index (χ4v) is 4.56. The summed E-state index contributed by atoms with van der Waals surface area (Å²) in [7, 11) is 1.53. The van der Waals surface area contributed by atoms with Gasteiger partial charge in [0, 0.05) is 42.4 Å². The van der Waals surface area contributed by atoms with E-state index in [1.54, 1.807) is 24.3 Å². The Labute approximate surface area is 218 Å². The molecule has 0 spiro atoms. The molecule has 0 unspecified atom stereocenters. The minimum atomic E-state index is -0.289. The van der Waals surface area contributed by atoms with E-state index in [0.29, 0.717) is 48.2 Å². The number of amides is 2. The van der Waals surface area contributed by atoms with E-state index in [-0.39, 0.29) is 11.8 Å². The Balaban J connectivity index is 1.36. The zero-order chi connectivity index (χ0) is 24.8. The number of halogens is 2. The molecule has 6 nitrogen and oxygen atoms in total. The van der Waals surface area contributed by atoms with Gasteiger partial charge in [-0.15, -0.1) is 0 Å². The van der Waals surface area contributed by atoms with Crippen LogP contribution in [0.2, 0.25) is 5.02 Å². The number of anilines is 2. The molecule has 2 amide bonds. The molecule has 8 heteroatoms. The average molecular weight is 555 g/mol. The number of benzene rings is 3. The van der Waals surface area contributed by atoms with Crippen molar-refractivity contribution in [3.63, 3.8) is 0 Å². The Kier molecular flexibility index (Phi) is 8.10. The second-order valence-electron chi connectivity index (χ2n) is 8.02. The lowest BCUT2D eigenvalue weighted by Crippen LogP contribution is -2.48. The monoisotopic (exact) mass is 553 g/mol. The van der Waals surface area contributed by atoms with Crippen molar-refractivity contribution in [3.8, 4) is 5.75 Å². The average Bonchev–Trinajstić information content (AvgIpc) is 2.88. The van der Waals surface area contributed by atoms with E-state index in [4.69, 9.17) is 16.3 Å². The fraction of sp³-hybridized carbons (Fsp3) is 0.185. The van der Waals surface area contributed by atoms with Gasteiger partial charge in [0.05, 0.1) is 23.4 Å². The number of ether oxygens (including phenoxy) is 1. The molecule has 180 valence electrons. The van der Waals surface area contributed by atoms with Crippen molar-refractivity contribution in [1.82, 2.24) is 4.90 Å². The van der Waals surface area contributed by atoms with E-state index < -0.39 is 0 Å². The van der Waals surface area contributed by atoms with Gasteiger partial charge in [-0.25, -0.2) is 0 Å². The summed E-state index contributed by atoms with van der Waals surface area (Å²) < 4.78 is 6.08. The molecule has 0 radical (unpaired) electrons. The number of nitrogens with zero attached hydrogens (tertiary/aromatic N) is 2. The summed E-state index contributed by atoms with van der Waals surface area (Å²) >= 11 is 9.96. The Morgan fingerprint density at radius 3 is 2.43 bits per heavy atom. The normalized spacial score (nSPS) is 13.7. The first-order valence-corrected chi connectivity index (χ1v) is 12.3. The second kappa shape index (κ2) is 11.4. The minimum Gasteiger partial charge on any atom is -0.496 e. The highest BCUT2D eigenvalue weighted by molar-refractivity contribution is 9.10. The van der Waals surface area contributed by atoms with Crippen LogP contribution in [0, 0.1) is 0 Å². The van der Waals surface area contributed by atoms with Crippen LogP contribution in [0.4, 0.5) is 11.4 Å². The van der Waals surface area contributed by atoms with Crippen molar-refractivity contribution in [3.05, 3.63) is 93.4 Å². The Bertz CT molecular complexity index is 1240. The molecule has 1 heterocycles. The molecule has 1 saturated heterocycles. The molecular weight excluding hydrogens is 530 g/mol. The molecule has 0 aromatic heterocycles. The van der Waals surface area contributed by atoms with Gasteiger partial charge in [0.2, 0.25) is 5.91 Å². The highest BCUT2D eigenvalue weighted by Crippen LogP contribution is 2.31. The summed E-state index contributed by atoms with van der Waals surface area (Å²) in [5.74, 6) is 0.197. The van der Waals surface area contributed by atoms with Gasteiger partial charge in [0.25, 0.3) is 5.91 Å². The third kappa shape index (κ3) is 6.24. The van der Waals surface area contributed by atoms with Crippen molar-refractivity contribution < 1.29 is 14.3 Å². The van der Waals surface area contributed by atoms with Gasteiger partial charge in [-0.1, -0.05) is 57.9 Å².